The highest BCUT2D eigenvalue weighted by atomic mass is 19.1. The van der Waals surface area contributed by atoms with Crippen molar-refractivity contribution in [3.8, 4) is 11.5 Å². The third-order valence-corrected chi connectivity index (χ3v) is 2.78. The molecule has 0 saturated heterocycles. The molecule has 0 aliphatic carbocycles. The third kappa shape index (κ3) is 2.20. The fourth-order valence-electron chi connectivity index (χ4n) is 1.87. The number of pyridine rings is 1. The van der Waals surface area contributed by atoms with Crippen LogP contribution >= 0.6 is 0 Å². The Morgan fingerprint density at radius 1 is 1.00 bits per heavy atom. The van der Waals surface area contributed by atoms with Gasteiger partial charge >= 0.3 is 0 Å². The Bertz CT molecular complexity index is 743. The second kappa shape index (κ2) is 4.57. The lowest BCUT2D eigenvalue weighted by molar-refractivity contribution is 0.446. The largest absolute Gasteiger partial charge is 0.454 e. The summed E-state index contributed by atoms with van der Waals surface area (Å²) in [5, 5.41) is 0.792. The molecule has 0 amide bonds. The first-order chi connectivity index (χ1) is 9.24. The molecule has 2 aromatic carbocycles. The van der Waals surface area contributed by atoms with Crippen LogP contribution in [0.1, 0.15) is 0 Å². The van der Waals surface area contributed by atoms with Crippen molar-refractivity contribution in [3.05, 3.63) is 60.5 Å². The highest BCUT2D eigenvalue weighted by Gasteiger charge is 2.07. The zero-order valence-corrected chi connectivity index (χ0v) is 10.0. The van der Waals surface area contributed by atoms with Gasteiger partial charge in [0.2, 0.25) is 0 Å². The van der Waals surface area contributed by atoms with E-state index in [-0.39, 0.29) is 5.75 Å². The fraction of sp³-hybridized carbons (Fsp3) is 0. The molecule has 94 valence electrons. The molecule has 0 bridgehead atoms. The number of aromatic nitrogens is 1. The first kappa shape index (κ1) is 11.5. The van der Waals surface area contributed by atoms with Gasteiger partial charge in [0, 0.05) is 17.3 Å². The molecule has 1 heterocycles. The van der Waals surface area contributed by atoms with Gasteiger partial charge in [-0.3, -0.25) is 4.98 Å². The number of hydrogen-bond donors (Lipinski definition) is 1. The van der Waals surface area contributed by atoms with Crippen LogP contribution in [0.15, 0.2) is 54.7 Å². The van der Waals surface area contributed by atoms with Crippen LogP contribution in [0.25, 0.3) is 10.9 Å². The summed E-state index contributed by atoms with van der Waals surface area (Å²) < 4.78 is 19.2. The number of nitrogens with zero attached hydrogens (tertiary/aromatic N) is 1. The molecular weight excluding hydrogens is 243 g/mol. The van der Waals surface area contributed by atoms with E-state index in [1.165, 1.54) is 6.07 Å². The van der Waals surface area contributed by atoms with Crippen LogP contribution < -0.4 is 10.5 Å². The topological polar surface area (TPSA) is 48.1 Å². The Kier molecular flexibility index (Phi) is 2.76. The van der Waals surface area contributed by atoms with E-state index in [0.29, 0.717) is 17.0 Å². The molecule has 1 aromatic heterocycles. The minimum atomic E-state index is -0.400. The highest BCUT2D eigenvalue weighted by molar-refractivity contribution is 5.87. The average molecular weight is 254 g/mol. The van der Waals surface area contributed by atoms with Gasteiger partial charge in [-0.05, 0) is 36.4 Å². The monoisotopic (exact) mass is 254 g/mol. The van der Waals surface area contributed by atoms with Gasteiger partial charge in [-0.2, -0.15) is 0 Å². The van der Waals surface area contributed by atoms with Crippen LogP contribution in [-0.4, -0.2) is 4.98 Å². The number of anilines is 1. The molecule has 2 N–H and O–H groups in total. The Balaban J connectivity index is 2.09. The maximum atomic E-state index is 13.6. The lowest BCUT2D eigenvalue weighted by atomic mass is 10.2. The maximum Gasteiger partial charge on any atom is 0.165 e. The zero-order chi connectivity index (χ0) is 13.2. The first-order valence-corrected chi connectivity index (χ1v) is 5.81. The number of nitrogen functional groups attached to an aromatic ring is 1. The number of halogens is 1. The van der Waals surface area contributed by atoms with E-state index in [0.717, 1.165) is 5.39 Å². The molecular formula is C15H11FN2O. The number of benzene rings is 2. The minimum absolute atomic E-state index is 0.187. The molecule has 3 nitrogen and oxygen atoms in total. The van der Waals surface area contributed by atoms with E-state index in [1.807, 2.05) is 6.07 Å². The number of ether oxygens (including phenoxy) is 1. The number of nitrogens with two attached hydrogens (primary N) is 1. The van der Waals surface area contributed by atoms with Gasteiger partial charge < -0.3 is 10.5 Å². The van der Waals surface area contributed by atoms with Crippen LogP contribution in [0.3, 0.4) is 0 Å². The minimum Gasteiger partial charge on any atom is -0.454 e. The Hall–Kier alpha value is -2.62. The smallest absolute Gasteiger partial charge is 0.165 e. The van der Waals surface area contributed by atoms with Gasteiger partial charge in [-0.1, -0.05) is 12.1 Å². The van der Waals surface area contributed by atoms with Crippen molar-refractivity contribution >= 4 is 16.6 Å². The zero-order valence-electron chi connectivity index (χ0n) is 10.0. The molecule has 0 aliphatic heterocycles. The standard InChI is InChI=1S/C15H11FN2O/c16-12-3-1-2-4-15(12)19-14-7-8-18-13-9-10(17)5-6-11(13)14/h1-9H,17H2. The summed E-state index contributed by atoms with van der Waals surface area (Å²) in [4.78, 5) is 4.21. The van der Waals surface area contributed by atoms with Crippen LogP contribution in [0, 0.1) is 5.82 Å². The number of fused-ring (bicyclic) bond motifs is 1. The van der Waals surface area contributed by atoms with Gasteiger partial charge in [-0.25, -0.2) is 4.39 Å². The molecule has 3 aromatic rings. The Morgan fingerprint density at radius 3 is 2.68 bits per heavy atom. The van der Waals surface area contributed by atoms with Crippen molar-refractivity contribution in [2.24, 2.45) is 0 Å². The van der Waals surface area contributed by atoms with Crippen LogP contribution in [-0.2, 0) is 0 Å². The summed E-state index contributed by atoms with van der Waals surface area (Å²) in [5.74, 6) is 0.338. The number of hydrogen-bond acceptors (Lipinski definition) is 3. The molecule has 0 atom stereocenters. The van der Waals surface area contributed by atoms with Crippen LogP contribution in [0.4, 0.5) is 10.1 Å². The Labute approximate surface area is 109 Å². The molecule has 0 saturated carbocycles. The van der Waals surface area contributed by atoms with E-state index >= 15 is 0 Å². The Morgan fingerprint density at radius 2 is 1.84 bits per heavy atom. The predicted octanol–water partition coefficient (Wildman–Crippen LogP) is 3.75. The summed E-state index contributed by atoms with van der Waals surface area (Å²) in [6.07, 6.45) is 1.61. The van der Waals surface area contributed by atoms with E-state index in [9.17, 15) is 4.39 Å². The van der Waals surface area contributed by atoms with Gasteiger partial charge in [0.25, 0.3) is 0 Å². The number of para-hydroxylation sites is 1. The molecule has 0 unspecified atom stereocenters. The molecule has 0 spiro atoms. The summed E-state index contributed by atoms with van der Waals surface area (Å²) in [7, 11) is 0. The first-order valence-electron chi connectivity index (χ1n) is 5.81. The van der Waals surface area contributed by atoms with E-state index in [4.69, 9.17) is 10.5 Å². The molecule has 0 aliphatic rings. The predicted molar refractivity (Wildman–Crippen MR) is 72.6 cm³/mol. The average Bonchev–Trinajstić information content (AvgIpc) is 2.41. The van der Waals surface area contributed by atoms with Crippen LogP contribution in [0.5, 0.6) is 11.5 Å². The molecule has 3 rings (SSSR count). The lowest BCUT2D eigenvalue weighted by Gasteiger charge is -2.09. The van der Waals surface area contributed by atoms with Gasteiger partial charge in [0.15, 0.2) is 11.6 Å². The van der Waals surface area contributed by atoms with Crippen molar-refractivity contribution < 1.29 is 9.13 Å². The van der Waals surface area contributed by atoms with Crippen molar-refractivity contribution in [1.82, 2.24) is 4.98 Å². The summed E-state index contributed by atoms with van der Waals surface area (Å²) >= 11 is 0. The molecule has 4 heteroatoms. The second-order valence-electron chi connectivity index (χ2n) is 4.12. The summed E-state index contributed by atoms with van der Waals surface area (Å²) in [6, 6.07) is 13.3. The van der Waals surface area contributed by atoms with Crippen molar-refractivity contribution in [2.45, 2.75) is 0 Å². The van der Waals surface area contributed by atoms with Crippen molar-refractivity contribution in [1.29, 1.82) is 0 Å². The van der Waals surface area contributed by atoms with Gasteiger partial charge in [0.05, 0.1) is 5.52 Å². The van der Waals surface area contributed by atoms with Crippen molar-refractivity contribution in [2.75, 3.05) is 5.73 Å². The summed E-state index contributed by atoms with van der Waals surface area (Å²) in [6.45, 7) is 0. The highest BCUT2D eigenvalue weighted by Crippen LogP contribution is 2.30. The quantitative estimate of drug-likeness (QED) is 0.708. The maximum absolute atomic E-state index is 13.6. The number of rotatable bonds is 2. The van der Waals surface area contributed by atoms with Crippen LogP contribution in [0.2, 0.25) is 0 Å². The SMILES string of the molecule is Nc1ccc2c(Oc3ccccc3F)ccnc2c1. The van der Waals surface area contributed by atoms with Gasteiger partial charge in [0.1, 0.15) is 5.75 Å². The fourth-order valence-corrected chi connectivity index (χ4v) is 1.87. The molecule has 19 heavy (non-hydrogen) atoms. The van der Waals surface area contributed by atoms with Crippen molar-refractivity contribution in [3.63, 3.8) is 0 Å². The normalized spacial score (nSPS) is 10.6. The molecule has 0 fully saturated rings. The summed E-state index contributed by atoms with van der Waals surface area (Å²) in [5.41, 5.74) is 7.05. The molecule has 0 radical (unpaired) electrons. The third-order valence-electron chi connectivity index (χ3n) is 2.78. The van der Waals surface area contributed by atoms with E-state index < -0.39 is 5.82 Å². The van der Waals surface area contributed by atoms with E-state index in [1.54, 1.807) is 42.6 Å². The van der Waals surface area contributed by atoms with E-state index in [2.05, 4.69) is 4.98 Å². The second-order valence-corrected chi connectivity index (χ2v) is 4.12. The van der Waals surface area contributed by atoms with Gasteiger partial charge in [-0.15, -0.1) is 0 Å². The lowest BCUT2D eigenvalue weighted by Crippen LogP contribution is -1.91.